The van der Waals surface area contributed by atoms with Gasteiger partial charge >= 0.3 is 0 Å². The third-order valence-corrected chi connectivity index (χ3v) is 5.45. The van der Waals surface area contributed by atoms with Gasteiger partial charge in [0.1, 0.15) is 5.58 Å². The van der Waals surface area contributed by atoms with Crippen molar-refractivity contribution in [1.82, 2.24) is 4.90 Å². The zero-order valence-corrected chi connectivity index (χ0v) is 17.1. The van der Waals surface area contributed by atoms with E-state index in [1.165, 1.54) is 6.26 Å². The summed E-state index contributed by atoms with van der Waals surface area (Å²) in [6.45, 7) is 6.12. The summed E-state index contributed by atoms with van der Waals surface area (Å²) in [5.41, 5.74) is 2.12. The van der Waals surface area contributed by atoms with E-state index in [-0.39, 0.29) is 23.8 Å². The van der Waals surface area contributed by atoms with Crippen molar-refractivity contribution in [3.05, 3.63) is 81.7 Å². The first-order chi connectivity index (χ1) is 13.3. The number of aryl methyl sites for hydroxylation is 1. The summed E-state index contributed by atoms with van der Waals surface area (Å²) in [5, 5.41) is 0.529. The Morgan fingerprint density at radius 1 is 1.11 bits per heavy atom. The van der Waals surface area contributed by atoms with Gasteiger partial charge in [-0.2, -0.15) is 0 Å². The van der Waals surface area contributed by atoms with E-state index in [1.807, 2.05) is 63.2 Å². The molecular formula is C23H24ClNO3. The molecule has 146 valence electrons. The van der Waals surface area contributed by atoms with Crippen LogP contribution in [0.2, 0.25) is 0 Å². The zero-order chi connectivity index (χ0) is 20.3. The molecule has 0 N–H and O–H groups in total. The molecule has 0 unspecified atom stereocenters. The lowest BCUT2D eigenvalue weighted by atomic mass is 9.93. The van der Waals surface area contributed by atoms with Gasteiger partial charge in [-0.1, -0.05) is 42.0 Å². The quantitative estimate of drug-likeness (QED) is 0.556. The summed E-state index contributed by atoms with van der Waals surface area (Å²) in [6, 6.07) is 15.2. The Kier molecular flexibility index (Phi) is 5.90. The van der Waals surface area contributed by atoms with Crippen molar-refractivity contribution in [2.24, 2.45) is 5.41 Å². The molecule has 3 rings (SSSR count). The van der Waals surface area contributed by atoms with E-state index in [0.717, 1.165) is 11.1 Å². The highest BCUT2D eigenvalue weighted by atomic mass is 35.5. The van der Waals surface area contributed by atoms with Gasteiger partial charge in [-0.3, -0.25) is 9.59 Å². The molecule has 1 heterocycles. The van der Waals surface area contributed by atoms with E-state index in [4.69, 9.17) is 16.0 Å². The van der Waals surface area contributed by atoms with E-state index in [2.05, 4.69) is 0 Å². The van der Waals surface area contributed by atoms with Crippen molar-refractivity contribution in [1.29, 1.82) is 0 Å². The monoisotopic (exact) mass is 397 g/mol. The predicted octanol–water partition coefficient (Wildman–Crippen LogP) is 4.90. The highest BCUT2D eigenvalue weighted by Gasteiger charge is 2.32. The van der Waals surface area contributed by atoms with Crippen LogP contribution in [0.3, 0.4) is 0 Å². The zero-order valence-electron chi connectivity index (χ0n) is 16.4. The van der Waals surface area contributed by atoms with Crippen LogP contribution in [-0.4, -0.2) is 16.7 Å². The second-order valence-corrected chi connectivity index (χ2v) is 8.02. The van der Waals surface area contributed by atoms with Gasteiger partial charge in [0.15, 0.2) is 5.43 Å². The molecule has 0 radical (unpaired) electrons. The van der Waals surface area contributed by atoms with Gasteiger partial charge in [-0.15, -0.1) is 11.6 Å². The minimum absolute atomic E-state index is 0.102. The molecule has 0 aliphatic carbocycles. The molecule has 0 saturated carbocycles. The lowest BCUT2D eigenvalue weighted by Crippen LogP contribution is -2.41. The highest BCUT2D eigenvalue weighted by Crippen LogP contribution is 2.24. The van der Waals surface area contributed by atoms with E-state index in [0.29, 0.717) is 23.1 Å². The minimum atomic E-state index is -0.732. The Labute approximate surface area is 169 Å². The molecule has 1 amide bonds. The van der Waals surface area contributed by atoms with Gasteiger partial charge in [-0.05, 0) is 38.5 Å². The fourth-order valence-corrected chi connectivity index (χ4v) is 3.20. The number of halogens is 1. The first-order valence-electron chi connectivity index (χ1n) is 9.22. The summed E-state index contributed by atoms with van der Waals surface area (Å²) in [4.78, 5) is 27.8. The number of alkyl halides is 1. The van der Waals surface area contributed by atoms with Crippen LogP contribution < -0.4 is 5.43 Å². The Morgan fingerprint density at radius 3 is 2.50 bits per heavy atom. The molecule has 4 nitrogen and oxygen atoms in total. The first kappa shape index (κ1) is 20.2. The normalized spacial score (nSPS) is 11.6. The molecule has 0 spiro atoms. The van der Waals surface area contributed by atoms with Crippen molar-refractivity contribution in [3.8, 4) is 0 Å². The summed E-state index contributed by atoms with van der Waals surface area (Å²) in [7, 11) is 0. The second-order valence-electron chi connectivity index (χ2n) is 7.75. The average Bonchev–Trinajstić information content (AvgIpc) is 2.70. The van der Waals surface area contributed by atoms with Crippen LogP contribution in [0.4, 0.5) is 0 Å². The van der Waals surface area contributed by atoms with E-state index >= 15 is 0 Å². The largest absolute Gasteiger partial charge is 0.464 e. The lowest BCUT2D eigenvalue weighted by molar-refractivity contribution is -0.140. The predicted molar refractivity (Wildman–Crippen MR) is 112 cm³/mol. The molecule has 1 aromatic heterocycles. The van der Waals surface area contributed by atoms with Crippen molar-refractivity contribution < 1.29 is 9.21 Å². The number of rotatable bonds is 6. The van der Waals surface area contributed by atoms with Crippen LogP contribution in [0.1, 0.15) is 30.5 Å². The highest BCUT2D eigenvalue weighted by molar-refractivity contribution is 6.19. The van der Waals surface area contributed by atoms with E-state index in [1.54, 1.807) is 11.0 Å². The standard InChI is InChI=1S/C23H24ClNO3/c1-16-9-10-20-19(11-16)21(26)18(14-28-20)13-25(22(27)23(2,3)15-24)12-17-7-5-4-6-8-17/h4-11,14H,12-13,15H2,1-3H3. The number of fused-ring (bicyclic) bond motifs is 1. The number of hydrogen-bond donors (Lipinski definition) is 0. The Hall–Kier alpha value is -2.59. The van der Waals surface area contributed by atoms with Crippen LogP contribution >= 0.6 is 11.6 Å². The van der Waals surface area contributed by atoms with Gasteiger partial charge in [-0.25, -0.2) is 0 Å². The molecule has 2 aromatic carbocycles. The minimum Gasteiger partial charge on any atom is -0.464 e. The molecule has 3 aromatic rings. The second kappa shape index (κ2) is 8.19. The Balaban J connectivity index is 1.99. The van der Waals surface area contributed by atoms with E-state index < -0.39 is 5.41 Å². The van der Waals surface area contributed by atoms with Gasteiger partial charge in [0.2, 0.25) is 5.91 Å². The maximum atomic E-state index is 13.1. The van der Waals surface area contributed by atoms with Gasteiger partial charge < -0.3 is 9.32 Å². The van der Waals surface area contributed by atoms with Crippen molar-refractivity contribution >= 4 is 28.5 Å². The molecule has 0 saturated heterocycles. The number of hydrogen-bond acceptors (Lipinski definition) is 3. The number of nitrogens with zero attached hydrogens (tertiary/aromatic N) is 1. The van der Waals surface area contributed by atoms with Crippen LogP contribution in [0.5, 0.6) is 0 Å². The molecule has 0 atom stereocenters. The first-order valence-corrected chi connectivity index (χ1v) is 9.75. The lowest BCUT2D eigenvalue weighted by Gasteiger charge is -2.30. The van der Waals surface area contributed by atoms with Crippen molar-refractivity contribution in [3.63, 3.8) is 0 Å². The van der Waals surface area contributed by atoms with E-state index in [9.17, 15) is 9.59 Å². The molecule has 0 aliphatic rings. The maximum absolute atomic E-state index is 13.1. The van der Waals surface area contributed by atoms with Crippen LogP contribution in [0.15, 0.2) is 64.0 Å². The van der Waals surface area contributed by atoms with Crippen LogP contribution in [0, 0.1) is 12.3 Å². The smallest absolute Gasteiger partial charge is 0.230 e. The molecule has 28 heavy (non-hydrogen) atoms. The van der Waals surface area contributed by atoms with Gasteiger partial charge in [0, 0.05) is 12.4 Å². The molecule has 0 bridgehead atoms. The van der Waals surface area contributed by atoms with Crippen LogP contribution in [-0.2, 0) is 17.9 Å². The van der Waals surface area contributed by atoms with Crippen molar-refractivity contribution in [2.45, 2.75) is 33.9 Å². The maximum Gasteiger partial charge on any atom is 0.230 e. The third-order valence-electron chi connectivity index (χ3n) is 4.78. The van der Waals surface area contributed by atoms with Crippen LogP contribution in [0.25, 0.3) is 11.0 Å². The number of carbonyl (C=O) groups is 1. The fourth-order valence-electron chi connectivity index (χ4n) is 3.09. The average molecular weight is 398 g/mol. The summed E-state index contributed by atoms with van der Waals surface area (Å²) in [5.74, 6) is 0.0953. The van der Waals surface area contributed by atoms with Crippen molar-refractivity contribution in [2.75, 3.05) is 5.88 Å². The fraction of sp³-hybridized carbons (Fsp3) is 0.304. The summed E-state index contributed by atoms with van der Waals surface area (Å²) in [6.07, 6.45) is 1.46. The third kappa shape index (κ3) is 4.28. The Morgan fingerprint density at radius 2 is 1.82 bits per heavy atom. The number of carbonyl (C=O) groups excluding carboxylic acids is 1. The van der Waals surface area contributed by atoms with Gasteiger partial charge in [0.25, 0.3) is 0 Å². The molecule has 5 heteroatoms. The summed E-state index contributed by atoms with van der Waals surface area (Å²) < 4.78 is 5.66. The number of benzene rings is 2. The summed E-state index contributed by atoms with van der Waals surface area (Å²) >= 11 is 6.04. The van der Waals surface area contributed by atoms with Gasteiger partial charge in [0.05, 0.1) is 29.2 Å². The molecule has 0 fully saturated rings. The Bertz CT molecular complexity index is 1040. The number of amides is 1. The topological polar surface area (TPSA) is 50.5 Å². The SMILES string of the molecule is Cc1ccc2occ(CN(Cc3ccccc3)C(=O)C(C)(C)CCl)c(=O)c2c1. The molecular weight excluding hydrogens is 374 g/mol. The molecule has 0 aliphatic heterocycles.